The van der Waals surface area contributed by atoms with Gasteiger partial charge in [-0.3, -0.25) is 4.79 Å². The summed E-state index contributed by atoms with van der Waals surface area (Å²) < 4.78 is 0. The molecule has 1 atom stereocenters. The summed E-state index contributed by atoms with van der Waals surface area (Å²) >= 11 is 0. The number of rotatable bonds is 3. The Morgan fingerprint density at radius 1 is 1.10 bits per heavy atom. The zero-order valence-corrected chi connectivity index (χ0v) is 12.3. The van der Waals surface area contributed by atoms with E-state index in [0.717, 1.165) is 26.0 Å². The van der Waals surface area contributed by atoms with E-state index in [-0.39, 0.29) is 5.54 Å². The molecule has 2 aromatic carbocycles. The van der Waals surface area contributed by atoms with Crippen molar-refractivity contribution in [2.45, 2.75) is 12.5 Å². The highest BCUT2D eigenvalue weighted by Gasteiger charge is 2.36. The molecule has 0 aliphatic carbocycles. The molecule has 1 fully saturated rings. The van der Waals surface area contributed by atoms with E-state index in [0.29, 0.717) is 0 Å². The summed E-state index contributed by atoms with van der Waals surface area (Å²) in [6.07, 6.45) is 0.975. The fourth-order valence-electron chi connectivity index (χ4n) is 3.12. The first kappa shape index (κ1) is 13.8. The minimum Gasteiger partial charge on any atom is -0.333 e. The van der Waals surface area contributed by atoms with Crippen LogP contribution in [0, 0.1) is 0 Å². The first-order chi connectivity index (χ1) is 10.3. The molecular formula is C18H20N2O. The van der Waals surface area contributed by atoms with Crippen LogP contribution in [0.3, 0.4) is 0 Å². The van der Waals surface area contributed by atoms with E-state index in [1.54, 1.807) is 0 Å². The smallest absolute Gasteiger partial charge is 0.210 e. The van der Waals surface area contributed by atoms with Gasteiger partial charge in [-0.15, -0.1) is 0 Å². The molecule has 0 spiro atoms. The summed E-state index contributed by atoms with van der Waals surface area (Å²) in [6, 6.07) is 18.7. The largest absolute Gasteiger partial charge is 0.333 e. The summed E-state index contributed by atoms with van der Waals surface area (Å²) in [5.74, 6) is 0. The normalized spacial score (nSPS) is 22.0. The van der Waals surface area contributed by atoms with Gasteiger partial charge in [-0.1, -0.05) is 54.6 Å². The molecule has 0 radical (unpaired) electrons. The third-order valence-electron chi connectivity index (χ3n) is 4.35. The highest BCUT2D eigenvalue weighted by atomic mass is 16.1. The first-order valence-corrected chi connectivity index (χ1v) is 7.33. The molecule has 0 aromatic heterocycles. The van der Waals surface area contributed by atoms with E-state index in [1.807, 2.05) is 29.2 Å². The van der Waals surface area contributed by atoms with Gasteiger partial charge in [0.1, 0.15) is 0 Å². The highest BCUT2D eigenvalue weighted by molar-refractivity contribution is 5.69. The molecule has 1 aliphatic rings. The molecule has 108 valence electrons. The second kappa shape index (κ2) is 5.70. The number of hydrogen-bond acceptors (Lipinski definition) is 2. The molecule has 0 bridgehead atoms. The fraction of sp³-hybridized carbons (Fsp3) is 0.278. The minimum atomic E-state index is -0.313. The summed E-state index contributed by atoms with van der Waals surface area (Å²) in [4.78, 5) is 13.4. The van der Waals surface area contributed by atoms with Crippen LogP contribution in [-0.4, -0.2) is 30.9 Å². The Balaban J connectivity index is 2.12. The number of nitrogens with zero attached hydrogens (tertiary/aromatic N) is 1. The third kappa shape index (κ3) is 2.45. The van der Waals surface area contributed by atoms with Gasteiger partial charge in [-0.05, 0) is 23.6 Å². The maximum Gasteiger partial charge on any atom is 0.210 e. The molecule has 0 saturated carbocycles. The van der Waals surface area contributed by atoms with Crippen LogP contribution >= 0.6 is 0 Å². The van der Waals surface area contributed by atoms with Gasteiger partial charge in [0, 0.05) is 19.6 Å². The fourth-order valence-corrected chi connectivity index (χ4v) is 3.12. The number of carbonyl (C=O) groups excluding carboxylic acids is 1. The summed E-state index contributed by atoms with van der Waals surface area (Å²) in [5.41, 5.74) is 3.25. The van der Waals surface area contributed by atoms with Crippen molar-refractivity contribution in [2.75, 3.05) is 19.6 Å². The predicted octanol–water partition coefficient (Wildman–Crippen LogP) is 2.63. The molecule has 1 heterocycles. The van der Waals surface area contributed by atoms with Gasteiger partial charge in [0.05, 0.1) is 5.54 Å². The monoisotopic (exact) mass is 280 g/mol. The maximum atomic E-state index is 11.5. The molecular weight excluding hydrogens is 260 g/mol. The van der Waals surface area contributed by atoms with Crippen LogP contribution in [0.4, 0.5) is 0 Å². The van der Waals surface area contributed by atoms with Crippen molar-refractivity contribution >= 4 is 6.41 Å². The van der Waals surface area contributed by atoms with E-state index in [2.05, 4.69) is 42.6 Å². The average molecular weight is 280 g/mol. The number of hydrogen-bond donors (Lipinski definition) is 1. The van der Waals surface area contributed by atoms with Crippen LogP contribution in [0.5, 0.6) is 0 Å². The van der Waals surface area contributed by atoms with Crippen LogP contribution < -0.4 is 5.32 Å². The van der Waals surface area contributed by atoms with Gasteiger partial charge in [-0.2, -0.15) is 0 Å². The van der Waals surface area contributed by atoms with Crippen molar-refractivity contribution in [3.05, 3.63) is 60.2 Å². The van der Waals surface area contributed by atoms with Gasteiger partial charge in [0.25, 0.3) is 0 Å². The minimum absolute atomic E-state index is 0.313. The van der Waals surface area contributed by atoms with Gasteiger partial charge < -0.3 is 10.2 Å². The van der Waals surface area contributed by atoms with E-state index in [1.165, 1.54) is 16.7 Å². The molecule has 1 amide bonds. The lowest BCUT2D eigenvalue weighted by molar-refractivity contribution is -0.125. The molecule has 1 saturated heterocycles. The van der Waals surface area contributed by atoms with Crippen LogP contribution in [0.1, 0.15) is 12.5 Å². The Labute approximate surface area is 125 Å². The lowest BCUT2D eigenvalue weighted by Crippen LogP contribution is -2.57. The Morgan fingerprint density at radius 3 is 2.57 bits per heavy atom. The van der Waals surface area contributed by atoms with E-state index in [9.17, 15) is 4.79 Å². The Kier molecular flexibility index (Phi) is 3.76. The second-order valence-corrected chi connectivity index (χ2v) is 5.66. The average Bonchev–Trinajstić information content (AvgIpc) is 2.56. The zero-order valence-electron chi connectivity index (χ0n) is 12.3. The molecule has 3 rings (SSSR count). The Hall–Kier alpha value is -2.13. The second-order valence-electron chi connectivity index (χ2n) is 5.66. The van der Waals surface area contributed by atoms with Crippen LogP contribution in [0.25, 0.3) is 11.1 Å². The molecule has 1 aliphatic heterocycles. The molecule has 3 heteroatoms. The topological polar surface area (TPSA) is 32.3 Å². The van der Waals surface area contributed by atoms with Crippen LogP contribution in [0.2, 0.25) is 0 Å². The van der Waals surface area contributed by atoms with Crippen molar-refractivity contribution in [1.29, 1.82) is 0 Å². The first-order valence-electron chi connectivity index (χ1n) is 7.33. The van der Waals surface area contributed by atoms with Crippen LogP contribution in [0.15, 0.2) is 54.6 Å². The molecule has 3 nitrogen and oxygen atoms in total. The van der Waals surface area contributed by atoms with E-state index < -0.39 is 0 Å². The van der Waals surface area contributed by atoms with Gasteiger partial charge >= 0.3 is 0 Å². The van der Waals surface area contributed by atoms with E-state index >= 15 is 0 Å². The van der Waals surface area contributed by atoms with Crippen molar-refractivity contribution in [3.63, 3.8) is 0 Å². The zero-order chi connectivity index (χ0) is 14.7. The SMILES string of the molecule is CC1(c2ccccc2-c2ccccc2)CNCCN1C=O. The lowest BCUT2D eigenvalue weighted by Gasteiger charge is -2.44. The number of piperazine rings is 1. The molecule has 1 unspecified atom stereocenters. The highest BCUT2D eigenvalue weighted by Crippen LogP contribution is 2.35. The lowest BCUT2D eigenvalue weighted by atomic mass is 9.83. The van der Waals surface area contributed by atoms with Crippen molar-refractivity contribution in [1.82, 2.24) is 10.2 Å². The Morgan fingerprint density at radius 2 is 1.81 bits per heavy atom. The number of nitrogens with one attached hydrogen (secondary N) is 1. The number of benzene rings is 2. The molecule has 2 aromatic rings. The van der Waals surface area contributed by atoms with Crippen LogP contribution in [-0.2, 0) is 10.3 Å². The Bertz CT molecular complexity index is 626. The number of carbonyl (C=O) groups is 1. The van der Waals surface area contributed by atoms with Gasteiger partial charge in [-0.25, -0.2) is 0 Å². The van der Waals surface area contributed by atoms with Crippen molar-refractivity contribution < 1.29 is 4.79 Å². The standard InChI is InChI=1S/C18H20N2O/c1-18(13-19-11-12-20(18)14-21)17-10-6-5-9-16(17)15-7-3-2-4-8-15/h2-10,14,19H,11-13H2,1H3. The molecule has 21 heavy (non-hydrogen) atoms. The van der Waals surface area contributed by atoms with E-state index in [4.69, 9.17) is 0 Å². The maximum absolute atomic E-state index is 11.5. The van der Waals surface area contributed by atoms with Gasteiger partial charge in [0.15, 0.2) is 0 Å². The third-order valence-corrected chi connectivity index (χ3v) is 4.35. The quantitative estimate of drug-likeness (QED) is 0.877. The van der Waals surface area contributed by atoms with Gasteiger partial charge in [0.2, 0.25) is 6.41 Å². The van der Waals surface area contributed by atoms with Crippen molar-refractivity contribution in [3.8, 4) is 11.1 Å². The summed E-state index contributed by atoms with van der Waals surface area (Å²) in [5, 5.41) is 3.42. The summed E-state index contributed by atoms with van der Waals surface area (Å²) in [6.45, 7) is 4.50. The predicted molar refractivity (Wildman–Crippen MR) is 84.9 cm³/mol. The molecule has 1 N–H and O–H groups in total. The summed E-state index contributed by atoms with van der Waals surface area (Å²) in [7, 11) is 0. The number of amides is 1. The van der Waals surface area contributed by atoms with Crippen molar-refractivity contribution in [2.24, 2.45) is 0 Å².